The summed E-state index contributed by atoms with van der Waals surface area (Å²) >= 11 is 0. The third-order valence-corrected chi connectivity index (χ3v) is 2.70. The average molecular weight is 277 g/mol. The van der Waals surface area contributed by atoms with Crippen LogP contribution in [-0.2, 0) is 13.2 Å². The predicted octanol–water partition coefficient (Wildman–Crippen LogP) is 1.43. The summed E-state index contributed by atoms with van der Waals surface area (Å²) in [5, 5.41) is 15.7. The van der Waals surface area contributed by atoms with Gasteiger partial charge < -0.3 is 19.7 Å². The van der Waals surface area contributed by atoms with E-state index >= 15 is 0 Å². The van der Waals surface area contributed by atoms with Crippen molar-refractivity contribution in [2.45, 2.75) is 26.5 Å². The maximum atomic E-state index is 8.68. The fourth-order valence-electron chi connectivity index (χ4n) is 1.69. The van der Waals surface area contributed by atoms with Crippen molar-refractivity contribution in [2.24, 2.45) is 0 Å². The third kappa shape index (κ3) is 4.64. The quantitative estimate of drug-likeness (QED) is 0.710. The second kappa shape index (κ2) is 7.62. The summed E-state index contributed by atoms with van der Waals surface area (Å²) in [5.74, 6) is 1.84. The molecule has 2 aromatic rings. The molecule has 0 aliphatic rings. The number of aliphatic hydroxyl groups is 1. The Morgan fingerprint density at radius 3 is 2.75 bits per heavy atom. The van der Waals surface area contributed by atoms with Crippen molar-refractivity contribution in [2.75, 3.05) is 13.2 Å². The van der Waals surface area contributed by atoms with Gasteiger partial charge in [-0.1, -0.05) is 17.3 Å². The SMILES string of the molecule is Cc1nc(COc2ccc(CNCCCO)cc2)no1. The first kappa shape index (κ1) is 14.5. The van der Waals surface area contributed by atoms with E-state index in [9.17, 15) is 0 Å². The number of rotatable bonds is 8. The Morgan fingerprint density at radius 2 is 2.10 bits per heavy atom. The standard InChI is InChI=1S/C14H19N3O3/c1-11-16-14(17-20-11)10-19-13-5-3-12(4-6-13)9-15-7-2-8-18/h3-6,15,18H,2,7-10H2,1H3. The number of benzene rings is 1. The molecular weight excluding hydrogens is 258 g/mol. The van der Waals surface area contributed by atoms with Crippen molar-refractivity contribution in [1.82, 2.24) is 15.5 Å². The molecule has 0 saturated carbocycles. The van der Waals surface area contributed by atoms with Gasteiger partial charge in [0, 0.05) is 20.1 Å². The van der Waals surface area contributed by atoms with E-state index in [1.165, 1.54) is 5.56 Å². The lowest BCUT2D eigenvalue weighted by molar-refractivity contribution is 0.285. The van der Waals surface area contributed by atoms with Crippen LogP contribution < -0.4 is 10.1 Å². The van der Waals surface area contributed by atoms with Gasteiger partial charge in [-0.25, -0.2) is 0 Å². The Hall–Kier alpha value is -1.92. The summed E-state index contributed by atoms with van der Waals surface area (Å²) in [6.07, 6.45) is 0.769. The van der Waals surface area contributed by atoms with Crippen LogP contribution in [0.25, 0.3) is 0 Å². The van der Waals surface area contributed by atoms with E-state index in [0.717, 1.165) is 25.3 Å². The lowest BCUT2D eigenvalue weighted by atomic mass is 10.2. The summed E-state index contributed by atoms with van der Waals surface area (Å²) in [6, 6.07) is 7.83. The van der Waals surface area contributed by atoms with Crippen LogP contribution in [0.5, 0.6) is 5.75 Å². The molecule has 0 bridgehead atoms. The highest BCUT2D eigenvalue weighted by Gasteiger charge is 2.03. The molecule has 6 heteroatoms. The van der Waals surface area contributed by atoms with Gasteiger partial charge in [-0.15, -0.1) is 0 Å². The molecule has 0 unspecified atom stereocenters. The normalized spacial score (nSPS) is 10.7. The van der Waals surface area contributed by atoms with Crippen LogP contribution in [0.4, 0.5) is 0 Å². The van der Waals surface area contributed by atoms with Crippen molar-refractivity contribution in [1.29, 1.82) is 0 Å². The molecule has 1 aromatic carbocycles. The summed E-state index contributed by atoms with van der Waals surface area (Å²) in [7, 11) is 0. The van der Waals surface area contributed by atoms with Crippen LogP contribution in [0.2, 0.25) is 0 Å². The summed E-state index contributed by atoms with van der Waals surface area (Å²) in [5.41, 5.74) is 1.17. The Labute approximate surface area is 117 Å². The highest BCUT2D eigenvalue weighted by molar-refractivity contribution is 5.27. The van der Waals surface area contributed by atoms with Gasteiger partial charge in [0.15, 0.2) is 6.61 Å². The largest absolute Gasteiger partial charge is 0.485 e. The minimum absolute atomic E-state index is 0.218. The van der Waals surface area contributed by atoms with Crippen molar-refractivity contribution >= 4 is 0 Å². The number of nitrogens with zero attached hydrogens (tertiary/aromatic N) is 2. The summed E-state index contributed by atoms with van der Waals surface area (Å²) in [6.45, 7) is 3.85. The van der Waals surface area contributed by atoms with Crippen LogP contribution in [0.15, 0.2) is 28.8 Å². The van der Waals surface area contributed by atoms with Gasteiger partial charge >= 0.3 is 0 Å². The number of hydrogen-bond acceptors (Lipinski definition) is 6. The van der Waals surface area contributed by atoms with E-state index < -0.39 is 0 Å². The summed E-state index contributed by atoms with van der Waals surface area (Å²) in [4.78, 5) is 4.07. The molecule has 20 heavy (non-hydrogen) atoms. The second-order valence-electron chi connectivity index (χ2n) is 4.42. The van der Waals surface area contributed by atoms with E-state index in [1.807, 2.05) is 24.3 Å². The zero-order valence-corrected chi connectivity index (χ0v) is 11.5. The molecule has 1 aromatic heterocycles. The van der Waals surface area contributed by atoms with Gasteiger partial charge in [-0.05, 0) is 30.7 Å². The minimum atomic E-state index is 0.218. The number of ether oxygens (including phenoxy) is 1. The molecule has 0 aliphatic heterocycles. The van der Waals surface area contributed by atoms with Gasteiger partial charge in [-0.2, -0.15) is 4.98 Å². The van der Waals surface area contributed by atoms with Gasteiger partial charge in [0.25, 0.3) is 0 Å². The zero-order chi connectivity index (χ0) is 14.2. The zero-order valence-electron chi connectivity index (χ0n) is 11.5. The maximum Gasteiger partial charge on any atom is 0.223 e. The Kier molecular flexibility index (Phi) is 5.52. The lowest BCUT2D eigenvalue weighted by Crippen LogP contribution is -2.15. The predicted molar refractivity (Wildman–Crippen MR) is 73.2 cm³/mol. The van der Waals surface area contributed by atoms with Crippen molar-refractivity contribution in [3.8, 4) is 5.75 Å². The van der Waals surface area contributed by atoms with Crippen LogP contribution in [0, 0.1) is 6.92 Å². The van der Waals surface area contributed by atoms with E-state index in [-0.39, 0.29) is 6.61 Å². The molecule has 0 amide bonds. The first-order chi connectivity index (χ1) is 9.78. The molecule has 1 heterocycles. The van der Waals surface area contributed by atoms with E-state index in [2.05, 4.69) is 15.5 Å². The number of nitrogens with one attached hydrogen (secondary N) is 1. The Morgan fingerprint density at radius 1 is 1.30 bits per heavy atom. The van der Waals surface area contributed by atoms with E-state index in [4.69, 9.17) is 14.4 Å². The average Bonchev–Trinajstić information content (AvgIpc) is 2.88. The van der Waals surface area contributed by atoms with E-state index in [0.29, 0.717) is 18.3 Å². The fraction of sp³-hybridized carbons (Fsp3) is 0.429. The summed E-state index contributed by atoms with van der Waals surface area (Å²) < 4.78 is 10.4. The van der Waals surface area contributed by atoms with Gasteiger partial charge in [0.1, 0.15) is 5.75 Å². The topological polar surface area (TPSA) is 80.4 Å². The highest BCUT2D eigenvalue weighted by Crippen LogP contribution is 2.13. The second-order valence-corrected chi connectivity index (χ2v) is 4.42. The van der Waals surface area contributed by atoms with E-state index in [1.54, 1.807) is 6.92 Å². The number of aromatic nitrogens is 2. The fourth-order valence-corrected chi connectivity index (χ4v) is 1.69. The molecule has 2 N–H and O–H groups in total. The van der Waals surface area contributed by atoms with Crippen LogP contribution in [0.1, 0.15) is 23.7 Å². The highest BCUT2D eigenvalue weighted by atomic mass is 16.5. The molecule has 0 atom stereocenters. The van der Waals surface area contributed by atoms with Gasteiger partial charge in [0.2, 0.25) is 11.7 Å². The first-order valence-electron chi connectivity index (χ1n) is 6.60. The molecule has 0 fully saturated rings. The molecule has 0 saturated heterocycles. The molecule has 6 nitrogen and oxygen atoms in total. The molecule has 0 radical (unpaired) electrons. The van der Waals surface area contributed by atoms with Crippen LogP contribution in [-0.4, -0.2) is 28.4 Å². The Balaban J connectivity index is 1.76. The number of aryl methyl sites for hydroxylation is 1. The Bertz CT molecular complexity index is 511. The van der Waals surface area contributed by atoms with Crippen molar-refractivity contribution in [3.05, 3.63) is 41.5 Å². The minimum Gasteiger partial charge on any atom is -0.485 e. The molecule has 108 valence electrons. The van der Waals surface area contributed by atoms with Crippen LogP contribution >= 0.6 is 0 Å². The van der Waals surface area contributed by atoms with Gasteiger partial charge in [0.05, 0.1) is 0 Å². The van der Waals surface area contributed by atoms with Crippen molar-refractivity contribution in [3.63, 3.8) is 0 Å². The molecule has 2 rings (SSSR count). The third-order valence-electron chi connectivity index (χ3n) is 2.70. The monoisotopic (exact) mass is 277 g/mol. The first-order valence-corrected chi connectivity index (χ1v) is 6.60. The smallest absolute Gasteiger partial charge is 0.223 e. The van der Waals surface area contributed by atoms with Crippen molar-refractivity contribution < 1.29 is 14.4 Å². The number of hydrogen-bond donors (Lipinski definition) is 2. The maximum absolute atomic E-state index is 8.68. The molecule has 0 spiro atoms. The lowest BCUT2D eigenvalue weighted by Gasteiger charge is -2.06. The van der Waals surface area contributed by atoms with Crippen LogP contribution in [0.3, 0.4) is 0 Å². The number of aliphatic hydroxyl groups excluding tert-OH is 1. The van der Waals surface area contributed by atoms with Gasteiger partial charge in [-0.3, -0.25) is 0 Å². The molecule has 0 aliphatic carbocycles. The molecular formula is C14H19N3O3.